The number of hydrogen-bond acceptors (Lipinski definition) is 6. The maximum Gasteiger partial charge on any atom is 0.240 e. The summed E-state index contributed by atoms with van der Waals surface area (Å²) in [6.07, 6.45) is 3.86. The molecule has 2 amide bonds. The van der Waals surface area contributed by atoms with Crippen molar-refractivity contribution < 1.29 is 19.1 Å². The monoisotopic (exact) mass is 396 g/mol. The van der Waals surface area contributed by atoms with Gasteiger partial charge >= 0.3 is 0 Å². The SMILES string of the molecule is COc1ccc(/C=N\NC(=O)CCCC(=O)N/N=C\c2ccc(OC)cc2)cc1. The van der Waals surface area contributed by atoms with Crippen LogP contribution in [0.5, 0.6) is 11.5 Å². The Kier molecular flexibility index (Phi) is 8.88. The van der Waals surface area contributed by atoms with Crippen molar-refractivity contribution in [3.63, 3.8) is 0 Å². The quantitative estimate of drug-likeness (QED) is 0.476. The molecule has 0 unspecified atom stereocenters. The minimum absolute atomic E-state index is 0.190. The molecule has 0 heterocycles. The van der Waals surface area contributed by atoms with Crippen molar-refractivity contribution >= 4 is 24.2 Å². The second-order valence-electron chi connectivity index (χ2n) is 5.99. The van der Waals surface area contributed by atoms with Crippen LogP contribution in [0.4, 0.5) is 0 Å². The average Bonchev–Trinajstić information content (AvgIpc) is 2.75. The Hall–Kier alpha value is -3.68. The van der Waals surface area contributed by atoms with E-state index in [1.165, 1.54) is 12.4 Å². The molecule has 152 valence electrons. The van der Waals surface area contributed by atoms with Crippen molar-refractivity contribution in [2.24, 2.45) is 10.2 Å². The predicted octanol–water partition coefficient (Wildman–Crippen LogP) is 2.47. The molecule has 2 rings (SSSR count). The summed E-state index contributed by atoms with van der Waals surface area (Å²) in [5, 5.41) is 7.78. The van der Waals surface area contributed by atoms with Crippen molar-refractivity contribution in [3.8, 4) is 11.5 Å². The van der Waals surface area contributed by atoms with E-state index < -0.39 is 0 Å². The lowest BCUT2D eigenvalue weighted by Gasteiger charge is -2.01. The third-order valence-corrected chi connectivity index (χ3v) is 3.85. The highest BCUT2D eigenvalue weighted by Crippen LogP contribution is 2.10. The van der Waals surface area contributed by atoms with Crippen molar-refractivity contribution in [1.82, 2.24) is 10.9 Å². The molecular weight excluding hydrogens is 372 g/mol. The van der Waals surface area contributed by atoms with Crippen molar-refractivity contribution in [3.05, 3.63) is 59.7 Å². The Labute approximate surface area is 169 Å². The number of nitrogens with one attached hydrogen (secondary N) is 2. The third-order valence-electron chi connectivity index (χ3n) is 3.85. The summed E-state index contributed by atoms with van der Waals surface area (Å²) in [6.45, 7) is 0. The number of rotatable bonds is 10. The summed E-state index contributed by atoms with van der Waals surface area (Å²) in [7, 11) is 3.19. The number of carbonyl (C=O) groups is 2. The molecule has 0 radical (unpaired) electrons. The molecule has 0 atom stereocenters. The van der Waals surface area contributed by atoms with E-state index >= 15 is 0 Å². The second-order valence-corrected chi connectivity index (χ2v) is 5.99. The highest BCUT2D eigenvalue weighted by molar-refractivity contribution is 5.84. The van der Waals surface area contributed by atoms with Crippen LogP contribution < -0.4 is 20.3 Å². The molecule has 2 aromatic carbocycles. The molecule has 2 aromatic rings. The third kappa shape index (κ3) is 8.25. The van der Waals surface area contributed by atoms with E-state index in [4.69, 9.17) is 9.47 Å². The lowest BCUT2D eigenvalue weighted by Crippen LogP contribution is -2.20. The summed E-state index contributed by atoms with van der Waals surface area (Å²) in [5.41, 5.74) is 6.54. The fourth-order valence-electron chi connectivity index (χ4n) is 2.26. The summed E-state index contributed by atoms with van der Waals surface area (Å²) < 4.78 is 10.1. The molecule has 0 fully saturated rings. The number of hydrogen-bond donors (Lipinski definition) is 2. The first kappa shape index (κ1) is 21.6. The molecular formula is C21H24N4O4. The number of methoxy groups -OCH3 is 2. The van der Waals surface area contributed by atoms with Crippen LogP contribution in [-0.2, 0) is 9.59 Å². The molecule has 0 aromatic heterocycles. The number of benzene rings is 2. The van der Waals surface area contributed by atoms with Gasteiger partial charge in [0.25, 0.3) is 0 Å². The maximum absolute atomic E-state index is 11.8. The standard InChI is InChI=1S/C21H24N4O4/c1-28-18-10-6-16(7-11-18)14-22-24-20(26)4-3-5-21(27)25-23-15-17-8-12-19(29-2)13-9-17/h6-15H,3-5H2,1-2H3,(H,24,26)(H,25,27)/b22-14-,23-15-. The van der Waals surface area contributed by atoms with Gasteiger partial charge in [0.2, 0.25) is 11.8 Å². The van der Waals surface area contributed by atoms with Crippen molar-refractivity contribution in [1.29, 1.82) is 0 Å². The van der Waals surface area contributed by atoms with Crippen LogP contribution in [0.3, 0.4) is 0 Å². The van der Waals surface area contributed by atoms with E-state index in [1.807, 2.05) is 24.3 Å². The highest BCUT2D eigenvalue weighted by atomic mass is 16.5. The van der Waals surface area contributed by atoms with Gasteiger partial charge in [-0.05, 0) is 66.1 Å². The zero-order valence-electron chi connectivity index (χ0n) is 16.4. The van der Waals surface area contributed by atoms with Gasteiger partial charge in [-0.2, -0.15) is 10.2 Å². The number of ether oxygens (including phenoxy) is 2. The van der Waals surface area contributed by atoms with E-state index in [9.17, 15) is 9.59 Å². The molecule has 0 saturated carbocycles. The molecule has 29 heavy (non-hydrogen) atoms. The van der Waals surface area contributed by atoms with E-state index in [0.29, 0.717) is 6.42 Å². The molecule has 8 heteroatoms. The largest absolute Gasteiger partial charge is 0.497 e. The molecule has 0 aliphatic rings. The van der Waals surface area contributed by atoms with Crippen LogP contribution in [0.15, 0.2) is 58.7 Å². The second kappa shape index (κ2) is 11.9. The van der Waals surface area contributed by atoms with Gasteiger partial charge in [-0.15, -0.1) is 0 Å². The Morgan fingerprint density at radius 2 is 1.14 bits per heavy atom. The van der Waals surface area contributed by atoms with Crippen LogP contribution >= 0.6 is 0 Å². The first-order chi connectivity index (χ1) is 14.1. The van der Waals surface area contributed by atoms with Gasteiger partial charge in [-0.25, -0.2) is 10.9 Å². The Balaban J connectivity index is 1.62. The van der Waals surface area contributed by atoms with Crippen LogP contribution in [0.1, 0.15) is 30.4 Å². The van der Waals surface area contributed by atoms with Crippen molar-refractivity contribution in [2.75, 3.05) is 14.2 Å². The summed E-state index contributed by atoms with van der Waals surface area (Å²) in [6, 6.07) is 14.5. The lowest BCUT2D eigenvalue weighted by molar-refractivity contribution is -0.122. The van der Waals surface area contributed by atoms with E-state index in [1.54, 1.807) is 38.5 Å². The summed E-state index contributed by atoms with van der Waals surface area (Å²) in [4.78, 5) is 23.5. The van der Waals surface area contributed by atoms with Gasteiger partial charge in [0.15, 0.2) is 0 Å². The summed E-state index contributed by atoms with van der Waals surface area (Å²) in [5.74, 6) is 0.976. The first-order valence-corrected chi connectivity index (χ1v) is 9.02. The predicted molar refractivity (Wildman–Crippen MR) is 111 cm³/mol. The fraction of sp³-hybridized carbons (Fsp3) is 0.238. The average molecular weight is 396 g/mol. The number of nitrogens with zero attached hydrogens (tertiary/aromatic N) is 2. The normalized spacial score (nSPS) is 10.8. The zero-order valence-corrected chi connectivity index (χ0v) is 16.4. The Morgan fingerprint density at radius 1 is 0.759 bits per heavy atom. The maximum atomic E-state index is 11.8. The minimum Gasteiger partial charge on any atom is -0.497 e. The fourth-order valence-corrected chi connectivity index (χ4v) is 2.26. The topological polar surface area (TPSA) is 101 Å². The van der Waals surface area contributed by atoms with Gasteiger partial charge in [0.05, 0.1) is 26.6 Å². The number of hydrazone groups is 2. The molecule has 0 aliphatic heterocycles. The highest BCUT2D eigenvalue weighted by Gasteiger charge is 2.04. The Bertz CT molecular complexity index is 774. The van der Waals surface area contributed by atoms with Gasteiger partial charge in [-0.3, -0.25) is 9.59 Å². The van der Waals surface area contributed by atoms with Crippen LogP contribution in [0.2, 0.25) is 0 Å². The van der Waals surface area contributed by atoms with Crippen molar-refractivity contribution in [2.45, 2.75) is 19.3 Å². The van der Waals surface area contributed by atoms with Crippen LogP contribution in [-0.4, -0.2) is 38.5 Å². The molecule has 0 spiro atoms. The van der Waals surface area contributed by atoms with Gasteiger partial charge < -0.3 is 9.47 Å². The molecule has 2 N–H and O–H groups in total. The zero-order chi connectivity index (χ0) is 20.9. The van der Waals surface area contributed by atoms with E-state index in [2.05, 4.69) is 21.1 Å². The smallest absolute Gasteiger partial charge is 0.240 e. The number of carbonyl (C=O) groups excluding carboxylic acids is 2. The van der Waals surface area contributed by atoms with Crippen LogP contribution in [0, 0.1) is 0 Å². The van der Waals surface area contributed by atoms with E-state index in [-0.39, 0.29) is 24.7 Å². The van der Waals surface area contributed by atoms with Gasteiger partial charge in [0.1, 0.15) is 11.5 Å². The Morgan fingerprint density at radius 3 is 1.48 bits per heavy atom. The molecule has 8 nitrogen and oxygen atoms in total. The molecule has 0 saturated heterocycles. The molecule has 0 aliphatic carbocycles. The number of amides is 2. The van der Waals surface area contributed by atoms with E-state index in [0.717, 1.165) is 22.6 Å². The summed E-state index contributed by atoms with van der Waals surface area (Å²) >= 11 is 0. The minimum atomic E-state index is -0.260. The lowest BCUT2D eigenvalue weighted by atomic mass is 10.2. The first-order valence-electron chi connectivity index (χ1n) is 9.02. The van der Waals surface area contributed by atoms with Gasteiger partial charge in [-0.1, -0.05) is 0 Å². The molecule has 0 bridgehead atoms. The van der Waals surface area contributed by atoms with Crippen LogP contribution in [0.25, 0.3) is 0 Å². The van der Waals surface area contributed by atoms with Gasteiger partial charge in [0, 0.05) is 12.8 Å².